The first-order valence-electron chi connectivity index (χ1n) is 7.78. The van der Waals surface area contributed by atoms with Crippen molar-refractivity contribution in [1.29, 1.82) is 0 Å². The van der Waals surface area contributed by atoms with Crippen LogP contribution in [0, 0.1) is 0 Å². The number of aromatic nitrogens is 2. The molecule has 0 bridgehead atoms. The Kier molecular flexibility index (Phi) is 6.19. The standard InChI is InChI=1S/C15H25Cl2N3/c1-3-12-15(17)14(20(4-2)19-12)10-18-13-9-7-5-6-8-11(13)16/h11,13,18H,3-10H2,1-2H3. The fourth-order valence-corrected chi connectivity index (χ4v) is 3.61. The average molecular weight is 318 g/mol. The third-order valence-corrected chi connectivity index (χ3v) is 5.12. The van der Waals surface area contributed by atoms with Gasteiger partial charge in [-0.1, -0.05) is 37.8 Å². The summed E-state index contributed by atoms with van der Waals surface area (Å²) in [5.74, 6) is 0. The fourth-order valence-electron chi connectivity index (χ4n) is 2.91. The summed E-state index contributed by atoms with van der Waals surface area (Å²) in [5.41, 5.74) is 2.09. The average Bonchev–Trinajstić information content (AvgIpc) is 2.61. The summed E-state index contributed by atoms with van der Waals surface area (Å²) in [4.78, 5) is 0. The minimum atomic E-state index is 0.236. The lowest BCUT2D eigenvalue weighted by atomic mass is 10.1. The molecule has 0 aromatic carbocycles. The van der Waals surface area contributed by atoms with Gasteiger partial charge in [0.1, 0.15) is 0 Å². The summed E-state index contributed by atoms with van der Waals surface area (Å²) in [5, 5.41) is 9.22. The van der Waals surface area contributed by atoms with Gasteiger partial charge >= 0.3 is 0 Å². The highest BCUT2D eigenvalue weighted by atomic mass is 35.5. The van der Waals surface area contributed by atoms with E-state index in [0.717, 1.165) is 48.8 Å². The van der Waals surface area contributed by atoms with Crippen LogP contribution in [-0.4, -0.2) is 21.2 Å². The number of nitrogens with one attached hydrogen (secondary N) is 1. The predicted molar refractivity (Wildman–Crippen MR) is 85.6 cm³/mol. The Labute approximate surface area is 132 Å². The summed E-state index contributed by atoms with van der Waals surface area (Å²) in [7, 11) is 0. The zero-order chi connectivity index (χ0) is 14.5. The second kappa shape index (κ2) is 7.67. The Balaban J connectivity index is 2.04. The smallest absolute Gasteiger partial charge is 0.0863 e. The van der Waals surface area contributed by atoms with Gasteiger partial charge in [-0.2, -0.15) is 5.10 Å². The van der Waals surface area contributed by atoms with E-state index in [-0.39, 0.29) is 5.38 Å². The molecule has 2 atom stereocenters. The molecule has 1 aliphatic rings. The van der Waals surface area contributed by atoms with Gasteiger partial charge in [-0.3, -0.25) is 4.68 Å². The Morgan fingerprint density at radius 2 is 2.00 bits per heavy atom. The Hall–Kier alpha value is -0.250. The third-order valence-electron chi connectivity index (χ3n) is 4.16. The molecule has 1 saturated carbocycles. The van der Waals surface area contributed by atoms with Gasteiger partial charge in [-0.15, -0.1) is 11.6 Å². The molecule has 5 heteroatoms. The van der Waals surface area contributed by atoms with Crippen molar-refractivity contribution in [2.24, 2.45) is 0 Å². The van der Waals surface area contributed by atoms with Gasteiger partial charge in [-0.25, -0.2) is 0 Å². The zero-order valence-corrected chi connectivity index (χ0v) is 14.0. The summed E-state index contributed by atoms with van der Waals surface area (Å²) in [6.45, 7) is 5.80. The van der Waals surface area contributed by atoms with E-state index in [0.29, 0.717) is 6.04 Å². The van der Waals surface area contributed by atoms with Gasteiger partial charge in [0.15, 0.2) is 0 Å². The molecule has 1 N–H and O–H groups in total. The molecular formula is C15H25Cl2N3. The Morgan fingerprint density at radius 3 is 2.70 bits per heavy atom. The first-order chi connectivity index (χ1) is 9.67. The topological polar surface area (TPSA) is 29.9 Å². The lowest BCUT2D eigenvalue weighted by Crippen LogP contribution is -2.36. The van der Waals surface area contributed by atoms with Gasteiger partial charge in [0.05, 0.1) is 16.4 Å². The van der Waals surface area contributed by atoms with E-state index in [2.05, 4.69) is 24.3 Å². The van der Waals surface area contributed by atoms with Crippen LogP contribution in [0.1, 0.15) is 57.3 Å². The molecule has 1 aromatic rings. The number of hydrogen-bond donors (Lipinski definition) is 1. The molecule has 2 rings (SSSR count). The molecule has 1 heterocycles. The fraction of sp³-hybridized carbons (Fsp3) is 0.800. The van der Waals surface area contributed by atoms with Crippen molar-refractivity contribution in [3.05, 3.63) is 16.4 Å². The van der Waals surface area contributed by atoms with Crippen molar-refractivity contribution in [1.82, 2.24) is 15.1 Å². The summed E-state index contributed by atoms with van der Waals surface area (Å²) in [6, 6.07) is 0.389. The summed E-state index contributed by atoms with van der Waals surface area (Å²) in [6.07, 6.45) is 6.96. The molecule has 1 aromatic heterocycles. The first-order valence-corrected chi connectivity index (χ1v) is 8.60. The molecule has 20 heavy (non-hydrogen) atoms. The number of nitrogens with zero attached hydrogens (tertiary/aromatic N) is 2. The van der Waals surface area contributed by atoms with Crippen LogP contribution in [0.3, 0.4) is 0 Å². The van der Waals surface area contributed by atoms with Gasteiger partial charge in [0.2, 0.25) is 0 Å². The van der Waals surface area contributed by atoms with Crippen molar-refractivity contribution >= 4 is 23.2 Å². The minimum absolute atomic E-state index is 0.236. The largest absolute Gasteiger partial charge is 0.307 e. The van der Waals surface area contributed by atoms with Crippen LogP contribution in [-0.2, 0) is 19.5 Å². The first kappa shape index (κ1) is 16.1. The van der Waals surface area contributed by atoms with Crippen LogP contribution in [0.4, 0.5) is 0 Å². The molecule has 0 aliphatic heterocycles. The van der Waals surface area contributed by atoms with Crippen LogP contribution in [0.15, 0.2) is 0 Å². The van der Waals surface area contributed by atoms with E-state index in [9.17, 15) is 0 Å². The number of halogens is 2. The van der Waals surface area contributed by atoms with Crippen molar-refractivity contribution in [2.75, 3.05) is 0 Å². The summed E-state index contributed by atoms with van der Waals surface area (Å²) < 4.78 is 2.01. The molecular weight excluding hydrogens is 293 g/mol. The second-order valence-electron chi connectivity index (χ2n) is 5.52. The Bertz CT molecular complexity index is 431. The van der Waals surface area contributed by atoms with Crippen LogP contribution >= 0.6 is 23.2 Å². The molecule has 0 spiro atoms. The summed E-state index contributed by atoms with van der Waals surface area (Å²) >= 11 is 12.9. The molecule has 0 amide bonds. The maximum atomic E-state index is 6.48. The maximum absolute atomic E-state index is 6.48. The normalized spacial score (nSPS) is 23.8. The van der Waals surface area contributed by atoms with Crippen molar-refractivity contribution in [3.8, 4) is 0 Å². The monoisotopic (exact) mass is 317 g/mol. The minimum Gasteiger partial charge on any atom is -0.307 e. The molecule has 2 unspecified atom stereocenters. The van der Waals surface area contributed by atoms with E-state index in [1.54, 1.807) is 0 Å². The van der Waals surface area contributed by atoms with Gasteiger partial charge in [0.25, 0.3) is 0 Å². The van der Waals surface area contributed by atoms with Crippen LogP contribution < -0.4 is 5.32 Å². The molecule has 1 fully saturated rings. The Morgan fingerprint density at radius 1 is 1.25 bits per heavy atom. The number of rotatable bonds is 5. The van der Waals surface area contributed by atoms with Crippen LogP contribution in [0.5, 0.6) is 0 Å². The van der Waals surface area contributed by atoms with Crippen LogP contribution in [0.2, 0.25) is 5.02 Å². The highest BCUT2D eigenvalue weighted by molar-refractivity contribution is 6.31. The molecule has 0 saturated heterocycles. The highest BCUT2D eigenvalue weighted by Crippen LogP contribution is 2.25. The van der Waals surface area contributed by atoms with Gasteiger partial charge in [-0.05, 0) is 26.2 Å². The second-order valence-corrected chi connectivity index (χ2v) is 6.46. The molecule has 3 nitrogen and oxygen atoms in total. The van der Waals surface area contributed by atoms with Crippen molar-refractivity contribution in [3.63, 3.8) is 0 Å². The maximum Gasteiger partial charge on any atom is 0.0863 e. The van der Waals surface area contributed by atoms with E-state index >= 15 is 0 Å². The number of hydrogen-bond acceptors (Lipinski definition) is 2. The molecule has 1 aliphatic carbocycles. The third kappa shape index (κ3) is 3.69. The van der Waals surface area contributed by atoms with Crippen molar-refractivity contribution in [2.45, 2.75) is 76.9 Å². The van der Waals surface area contributed by atoms with E-state index in [1.165, 1.54) is 19.3 Å². The molecule has 0 radical (unpaired) electrons. The lowest BCUT2D eigenvalue weighted by molar-refractivity contribution is 0.451. The quantitative estimate of drug-likeness (QED) is 0.653. The zero-order valence-electron chi connectivity index (χ0n) is 12.5. The number of aryl methyl sites for hydroxylation is 2. The van der Waals surface area contributed by atoms with Crippen LogP contribution in [0.25, 0.3) is 0 Å². The van der Waals surface area contributed by atoms with E-state index < -0.39 is 0 Å². The lowest BCUT2D eigenvalue weighted by Gasteiger charge is -2.21. The number of alkyl halides is 1. The van der Waals surface area contributed by atoms with Gasteiger partial charge in [0, 0.05) is 24.5 Å². The molecule has 114 valence electrons. The highest BCUT2D eigenvalue weighted by Gasteiger charge is 2.22. The van der Waals surface area contributed by atoms with Gasteiger partial charge < -0.3 is 5.32 Å². The SMILES string of the molecule is CCc1nn(CC)c(CNC2CCCCCC2Cl)c1Cl. The predicted octanol–water partition coefficient (Wildman–Crippen LogP) is 4.15. The van der Waals surface area contributed by atoms with E-state index in [4.69, 9.17) is 23.2 Å². The van der Waals surface area contributed by atoms with Crippen molar-refractivity contribution < 1.29 is 0 Å². The van der Waals surface area contributed by atoms with E-state index in [1.807, 2.05) is 4.68 Å².